The number of aromatic nitrogens is 3. The molecule has 156 valence electrons. The molecule has 1 unspecified atom stereocenters. The quantitative estimate of drug-likeness (QED) is 0.584. The van der Waals surface area contributed by atoms with Gasteiger partial charge in [-0.2, -0.15) is 0 Å². The molecular formula is C21H23N5O2S2. The van der Waals surface area contributed by atoms with E-state index in [1.807, 2.05) is 46.7 Å². The van der Waals surface area contributed by atoms with Crippen molar-refractivity contribution >= 4 is 40.6 Å². The highest BCUT2D eigenvalue weighted by Gasteiger charge is 2.30. The molecule has 3 heterocycles. The zero-order valence-corrected chi connectivity index (χ0v) is 18.5. The minimum absolute atomic E-state index is 0.120. The van der Waals surface area contributed by atoms with Crippen molar-refractivity contribution in [3.63, 3.8) is 0 Å². The molecule has 0 bridgehead atoms. The summed E-state index contributed by atoms with van der Waals surface area (Å²) in [6, 6.07) is 11.8. The van der Waals surface area contributed by atoms with Gasteiger partial charge < -0.3 is 10.2 Å². The Morgan fingerprint density at radius 3 is 2.90 bits per heavy atom. The van der Waals surface area contributed by atoms with Crippen molar-refractivity contribution in [2.24, 2.45) is 0 Å². The van der Waals surface area contributed by atoms with Crippen molar-refractivity contribution in [3.8, 4) is 5.69 Å². The number of aryl methyl sites for hydroxylation is 1. The average molecular weight is 442 g/mol. The highest BCUT2D eigenvalue weighted by Crippen LogP contribution is 2.35. The third-order valence-electron chi connectivity index (χ3n) is 4.99. The minimum Gasteiger partial charge on any atom is -0.334 e. The lowest BCUT2D eigenvalue weighted by Crippen LogP contribution is -2.31. The summed E-state index contributed by atoms with van der Waals surface area (Å²) >= 11 is 3.10. The maximum atomic E-state index is 13.0. The van der Waals surface area contributed by atoms with E-state index in [1.165, 1.54) is 23.6 Å². The molecule has 1 N–H and O–H groups in total. The number of carbonyl (C=O) groups is 2. The van der Waals surface area contributed by atoms with Gasteiger partial charge in [0.2, 0.25) is 11.8 Å². The Hall–Kier alpha value is -2.65. The van der Waals surface area contributed by atoms with E-state index in [9.17, 15) is 9.59 Å². The van der Waals surface area contributed by atoms with Gasteiger partial charge >= 0.3 is 0 Å². The topological polar surface area (TPSA) is 80.1 Å². The number of nitrogens with one attached hydrogen (secondary N) is 1. The number of thioether (sulfide) groups is 1. The molecule has 2 aromatic heterocycles. The normalized spacial score (nSPS) is 16.1. The molecule has 0 aliphatic carbocycles. The Morgan fingerprint density at radius 1 is 1.27 bits per heavy atom. The first-order valence-electron chi connectivity index (χ1n) is 9.78. The van der Waals surface area contributed by atoms with Gasteiger partial charge in [0.25, 0.3) is 0 Å². The Morgan fingerprint density at radius 2 is 2.13 bits per heavy atom. The first-order chi connectivity index (χ1) is 14.5. The molecule has 9 heteroatoms. The number of carbonyl (C=O) groups excluding carboxylic acids is 2. The fourth-order valence-electron chi connectivity index (χ4n) is 3.71. The molecule has 1 aliphatic heterocycles. The van der Waals surface area contributed by atoms with Gasteiger partial charge in [-0.15, -0.1) is 21.5 Å². The summed E-state index contributed by atoms with van der Waals surface area (Å²) in [6.45, 7) is 4.15. The smallest absolute Gasteiger partial charge is 0.233 e. The lowest BCUT2D eigenvalue weighted by atomic mass is 10.2. The van der Waals surface area contributed by atoms with E-state index in [0.717, 1.165) is 30.9 Å². The van der Waals surface area contributed by atoms with Crippen LogP contribution in [-0.2, 0) is 9.59 Å². The standard InChI is InChI=1S/C21H23N5O2S2/c1-14-23-24-21(26(14)17-7-3-6-16(12-17)22-15(2)27)30-13-20(28)25-10-4-8-18(25)19-9-5-11-29-19/h3,5-7,9,11-12,18H,4,8,10,13H2,1-2H3,(H,22,27). The van der Waals surface area contributed by atoms with Crippen molar-refractivity contribution in [1.29, 1.82) is 0 Å². The number of amides is 2. The van der Waals surface area contributed by atoms with E-state index in [1.54, 1.807) is 11.3 Å². The molecular weight excluding hydrogens is 418 g/mol. The molecule has 1 atom stereocenters. The molecule has 1 aromatic carbocycles. The number of benzene rings is 1. The van der Waals surface area contributed by atoms with Crippen LogP contribution in [0.5, 0.6) is 0 Å². The first kappa shape index (κ1) is 20.6. The summed E-state index contributed by atoms with van der Waals surface area (Å²) in [5.41, 5.74) is 1.55. The summed E-state index contributed by atoms with van der Waals surface area (Å²) < 4.78 is 1.91. The summed E-state index contributed by atoms with van der Waals surface area (Å²) in [7, 11) is 0. The number of nitrogens with zero attached hydrogens (tertiary/aromatic N) is 4. The molecule has 1 saturated heterocycles. The van der Waals surface area contributed by atoms with Gasteiger partial charge in [-0.05, 0) is 49.4 Å². The van der Waals surface area contributed by atoms with Crippen molar-refractivity contribution in [2.75, 3.05) is 17.6 Å². The van der Waals surface area contributed by atoms with Crippen LogP contribution in [0.3, 0.4) is 0 Å². The predicted octanol–water partition coefficient (Wildman–Crippen LogP) is 4.05. The van der Waals surface area contributed by atoms with E-state index in [4.69, 9.17) is 0 Å². The van der Waals surface area contributed by atoms with Gasteiger partial charge in [-0.25, -0.2) is 0 Å². The Bertz CT molecular complexity index is 1050. The predicted molar refractivity (Wildman–Crippen MR) is 119 cm³/mol. The molecule has 7 nitrogen and oxygen atoms in total. The van der Waals surface area contributed by atoms with Crippen LogP contribution in [0.2, 0.25) is 0 Å². The van der Waals surface area contributed by atoms with Gasteiger partial charge in [0.05, 0.1) is 17.5 Å². The Labute approximate surface area is 183 Å². The van der Waals surface area contributed by atoms with Crippen molar-refractivity contribution in [2.45, 2.75) is 37.9 Å². The van der Waals surface area contributed by atoms with Gasteiger partial charge in [0.1, 0.15) is 5.82 Å². The highest BCUT2D eigenvalue weighted by atomic mass is 32.2. The minimum atomic E-state index is -0.126. The van der Waals surface area contributed by atoms with Gasteiger partial charge in [-0.3, -0.25) is 14.2 Å². The number of hydrogen-bond acceptors (Lipinski definition) is 6. The Kier molecular flexibility index (Phi) is 6.19. The Balaban J connectivity index is 1.49. The van der Waals surface area contributed by atoms with E-state index in [0.29, 0.717) is 16.6 Å². The lowest BCUT2D eigenvalue weighted by molar-refractivity contribution is -0.129. The number of likely N-dealkylation sites (tertiary alicyclic amines) is 1. The number of anilines is 1. The molecule has 0 spiro atoms. The number of hydrogen-bond donors (Lipinski definition) is 1. The van der Waals surface area contributed by atoms with Crippen molar-refractivity contribution < 1.29 is 9.59 Å². The second kappa shape index (κ2) is 9.01. The summed E-state index contributed by atoms with van der Waals surface area (Å²) in [5, 5.41) is 14.0. The van der Waals surface area contributed by atoms with Crippen LogP contribution in [0, 0.1) is 6.92 Å². The average Bonchev–Trinajstić information content (AvgIpc) is 3.46. The molecule has 4 rings (SSSR count). The van der Waals surface area contributed by atoms with Crippen LogP contribution in [0.15, 0.2) is 46.9 Å². The zero-order valence-electron chi connectivity index (χ0n) is 16.9. The maximum absolute atomic E-state index is 13.0. The monoisotopic (exact) mass is 441 g/mol. The van der Waals surface area contributed by atoms with Crippen LogP contribution >= 0.6 is 23.1 Å². The number of rotatable bonds is 6. The molecule has 30 heavy (non-hydrogen) atoms. The van der Waals surface area contributed by atoms with Crippen LogP contribution in [0.1, 0.15) is 36.5 Å². The summed E-state index contributed by atoms with van der Waals surface area (Å²) in [4.78, 5) is 27.6. The molecule has 3 aromatic rings. The second-order valence-corrected chi connectivity index (χ2v) is 9.07. The lowest BCUT2D eigenvalue weighted by Gasteiger charge is -2.23. The van der Waals surface area contributed by atoms with E-state index < -0.39 is 0 Å². The van der Waals surface area contributed by atoms with E-state index >= 15 is 0 Å². The fraction of sp³-hybridized carbons (Fsp3) is 0.333. The molecule has 0 radical (unpaired) electrons. The van der Waals surface area contributed by atoms with E-state index in [2.05, 4.69) is 27.0 Å². The van der Waals surface area contributed by atoms with Crippen molar-refractivity contribution in [1.82, 2.24) is 19.7 Å². The molecule has 1 fully saturated rings. The molecule has 1 aliphatic rings. The fourth-order valence-corrected chi connectivity index (χ4v) is 5.47. The zero-order chi connectivity index (χ0) is 21.1. The maximum Gasteiger partial charge on any atom is 0.233 e. The van der Waals surface area contributed by atoms with Crippen LogP contribution in [0.25, 0.3) is 5.69 Å². The third kappa shape index (κ3) is 4.41. The van der Waals surface area contributed by atoms with Gasteiger partial charge in [0.15, 0.2) is 5.16 Å². The summed E-state index contributed by atoms with van der Waals surface area (Å²) in [5.74, 6) is 1.03. The van der Waals surface area contributed by atoms with Crippen molar-refractivity contribution in [3.05, 3.63) is 52.5 Å². The van der Waals surface area contributed by atoms with Gasteiger partial charge in [-0.1, -0.05) is 23.9 Å². The number of thiophene rings is 1. The van der Waals surface area contributed by atoms with Crippen LogP contribution in [0.4, 0.5) is 5.69 Å². The van der Waals surface area contributed by atoms with Gasteiger partial charge in [0, 0.05) is 24.0 Å². The summed E-state index contributed by atoms with van der Waals surface area (Å²) in [6.07, 6.45) is 2.05. The second-order valence-electron chi connectivity index (χ2n) is 7.15. The SMILES string of the molecule is CC(=O)Nc1cccc(-n2c(C)nnc2SCC(=O)N2CCCC2c2cccs2)c1. The first-order valence-corrected chi connectivity index (χ1v) is 11.6. The molecule has 0 saturated carbocycles. The van der Waals surface area contributed by atoms with Crippen LogP contribution < -0.4 is 5.32 Å². The van der Waals surface area contributed by atoms with E-state index in [-0.39, 0.29) is 17.9 Å². The third-order valence-corrected chi connectivity index (χ3v) is 6.88. The largest absolute Gasteiger partial charge is 0.334 e. The highest BCUT2D eigenvalue weighted by molar-refractivity contribution is 7.99. The molecule has 2 amide bonds. The van der Waals surface area contributed by atoms with Crippen LogP contribution in [-0.4, -0.2) is 43.8 Å².